The number of rotatable bonds is 7. The van der Waals surface area contributed by atoms with E-state index >= 15 is 0 Å². The molecule has 1 atom stereocenters. The maximum Gasteiger partial charge on any atom is 0.573 e. The van der Waals surface area contributed by atoms with Crippen LogP contribution in [-0.2, 0) is 6.54 Å². The molecule has 0 aromatic heterocycles. The van der Waals surface area contributed by atoms with Crippen molar-refractivity contribution < 1.29 is 37.0 Å². The summed E-state index contributed by atoms with van der Waals surface area (Å²) < 4.78 is 54.5. The third kappa shape index (κ3) is 6.62. The van der Waals surface area contributed by atoms with Crippen LogP contribution < -0.4 is 15.4 Å². The summed E-state index contributed by atoms with van der Waals surface area (Å²) in [6.45, 7) is 0.567. The lowest BCUT2D eigenvalue weighted by Gasteiger charge is -2.39. The zero-order chi connectivity index (χ0) is 23.3. The number of halogens is 4. The molecule has 32 heavy (non-hydrogen) atoms. The van der Waals surface area contributed by atoms with Gasteiger partial charge in [-0.3, -0.25) is 0 Å². The van der Waals surface area contributed by atoms with Crippen LogP contribution in [0, 0.1) is 5.82 Å². The SMILES string of the molecule is O=C(NCc1ccc(OC(F)(F)F)cc1F)N1CCC[C@@H](N(C(=O)NCCO)C2CC2)C1. The lowest BCUT2D eigenvalue weighted by Crippen LogP contribution is -2.56. The van der Waals surface area contributed by atoms with E-state index in [0.717, 1.165) is 31.4 Å². The number of ether oxygens (including phenoxy) is 1. The Morgan fingerprint density at radius 1 is 1.19 bits per heavy atom. The van der Waals surface area contributed by atoms with Gasteiger partial charge >= 0.3 is 18.4 Å². The van der Waals surface area contributed by atoms with Gasteiger partial charge < -0.3 is 30.3 Å². The smallest absolute Gasteiger partial charge is 0.406 e. The monoisotopic (exact) mass is 462 g/mol. The number of aliphatic hydroxyl groups excluding tert-OH is 1. The van der Waals surface area contributed by atoms with Gasteiger partial charge in [0.25, 0.3) is 0 Å². The first-order valence-corrected chi connectivity index (χ1v) is 10.4. The Morgan fingerprint density at radius 3 is 2.56 bits per heavy atom. The van der Waals surface area contributed by atoms with Gasteiger partial charge in [0.15, 0.2) is 0 Å². The summed E-state index contributed by atoms with van der Waals surface area (Å²) in [5, 5.41) is 14.2. The molecule has 3 rings (SSSR count). The van der Waals surface area contributed by atoms with Crippen molar-refractivity contribution in [1.82, 2.24) is 20.4 Å². The maximum atomic E-state index is 14.1. The second kappa shape index (κ2) is 10.2. The predicted octanol–water partition coefficient (Wildman–Crippen LogP) is 2.56. The molecular formula is C20H26F4N4O4. The number of nitrogens with one attached hydrogen (secondary N) is 2. The average Bonchev–Trinajstić information content (AvgIpc) is 3.55. The molecule has 8 nitrogen and oxygen atoms in total. The molecule has 1 heterocycles. The van der Waals surface area contributed by atoms with Crippen molar-refractivity contribution in [3.8, 4) is 5.75 Å². The maximum absolute atomic E-state index is 14.1. The minimum absolute atomic E-state index is 0.0180. The van der Waals surface area contributed by atoms with Crippen molar-refractivity contribution in [2.24, 2.45) is 0 Å². The largest absolute Gasteiger partial charge is 0.573 e. The predicted molar refractivity (Wildman–Crippen MR) is 105 cm³/mol. The molecule has 1 aliphatic heterocycles. The lowest BCUT2D eigenvalue weighted by molar-refractivity contribution is -0.274. The molecule has 0 radical (unpaired) electrons. The van der Waals surface area contributed by atoms with Crippen molar-refractivity contribution in [2.75, 3.05) is 26.2 Å². The van der Waals surface area contributed by atoms with Crippen LogP contribution in [0.2, 0.25) is 0 Å². The van der Waals surface area contributed by atoms with Crippen LogP contribution in [0.1, 0.15) is 31.2 Å². The number of hydrogen-bond donors (Lipinski definition) is 3. The first-order chi connectivity index (χ1) is 15.2. The summed E-state index contributed by atoms with van der Waals surface area (Å²) in [6, 6.07) is 1.95. The number of hydrogen-bond acceptors (Lipinski definition) is 4. The van der Waals surface area contributed by atoms with Gasteiger partial charge in [-0.25, -0.2) is 14.0 Å². The van der Waals surface area contributed by atoms with Gasteiger partial charge in [0.05, 0.1) is 12.6 Å². The fourth-order valence-electron chi connectivity index (χ4n) is 3.75. The zero-order valence-corrected chi connectivity index (χ0v) is 17.3. The van der Waals surface area contributed by atoms with E-state index in [1.54, 1.807) is 9.80 Å². The van der Waals surface area contributed by atoms with E-state index in [9.17, 15) is 27.2 Å². The quantitative estimate of drug-likeness (QED) is 0.543. The summed E-state index contributed by atoms with van der Waals surface area (Å²) in [6.07, 6.45) is -1.71. The molecule has 4 amide bonds. The Morgan fingerprint density at radius 2 is 1.94 bits per heavy atom. The van der Waals surface area contributed by atoms with Gasteiger partial charge in [-0.15, -0.1) is 13.2 Å². The number of benzene rings is 1. The fourth-order valence-corrected chi connectivity index (χ4v) is 3.75. The van der Waals surface area contributed by atoms with E-state index in [-0.39, 0.29) is 43.4 Å². The summed E-state index contributed by atoms with van der Waals surface area (Å²) in [5.74, 6) is -1.60. The summed E-state index contributed by atoms with van der Waals surface area (Å²) in [4.78, 5) is 28.4. The highest BCUT2D eigenvalue weighted by Crippen LogP contribution is 2.31. The molecule has 0 bridgehead atoms. The number of carbonyl (C=O) groups excluding carboxylic acids is 2. The number of alkyl halides is 3. The van der Waals surface area contributed by atoms with Crippen LogP contribution in [0.25, 0.3) is 0 Å². The van der Waals surface area contributed by atoms with Crippen LogP contribution in [0.5, 0.6) is 5.75 Å². The van der Waals surface area contributed by atoms with Gasteiger partial charge in [-0.2, -0.15) is 0 Å². The lowest BCUT2D eigenvalue weighted by atomic mass is 10.0. The first-order valence-electron chi connectivity index (χ1n) is 10.4. The summed E-state index contributed by atoms with van der Waals surface area (Å²) in [7, 11) is 0. The second-order valence-electron chi connectivity index (χ2n) is 7.80. The molecule has 2 fully saturated rings. The molecule has 178 valence electrons. The van der Waals surface area contributed by atoms with Crippen LogP contribution in [0.15, 0.2) is 18.2 Å². The first kappa shape index (κ1) is 23.9. The third-order valence-corrected chi connectivity index (χ3v) is 5.33. The third-order valence-electron chi connectivity index (χ3n) is 5.33. The van der Waals surface area contributed by atoms with Gasteiger partial charge in [-0.05, 0) is 31.7 Å². The number of nitrogens with zero attached hydrogens (tertiary/aromatic N) is 2. The Hall–Kier alpha value is -2.76. The Bertz CT molecular complexity index is 819. The Balaban J connectivity index is 1.55. The molecule has 1 aromatic rings. The number of aliphatic hydroxyl groups is 1. The number of likely N-dealkylation sites (tertiary alicyclic amines) is 1. The standard InChI is InChI=1S/C20H26F4N4O4/c21-17-10-16(32-20(22,23)24)6-3-13(17)11-26-18(30)27-8-1-2-15(12-27)28(14-4-5-14)19(31)25-7-9-29/h3,6,10,14-15,29H,1-2,4-5,7-9,11-12H2,(H,25,31)(H,26,30)/t15-/m1/s1. The van der Waals surface area contributed by atoms with Crippen molar-refractivity contribution in [2.45, 2.75) is 50.7 Å². The number of piperidine rings is 1. The molecule has 0 spiro atoms. The highest BCUT2D eigenvalue weighted by Gasteiger charge is 2.39. The van der Waals surface area contributed by atoms with Crippen LogP contribution in [0.3, 0.4) is 0 Å². The van der Waals surface area contributed by atoms with Gasteiger partial charge in [0.2, 0.25) is 0 Å². The summed E-state index contributed by atoms with van der Waals surface area (Å²) in [5.41, 5.74) is 0.0180. The van der Waals surface area contributed by atoms with E-state index < -0.39 is 24.0 Å². The normalized spacial score (nSPS) is 18.8. The topological polar surface area (TPSA) is 94.1 Å². The van der Waals surface area contributed by atoms with Crippen molar-refractivity contribution in [3.63, 3.8) is 0 Å². The second-order valence-corrected chi connectivity index (χ2v) is 7.80. The fraction of sp³-hybridized carbons (Fsp3) is 0.600. The van der Waals surface area contributed by atoms with Gasteiger partial charge in [-0.1, -0.05) is 6.07 Å². The van der Waals surface area contributed by atoms with Crippen molar-refractivity contribution in [1.29, 1.82) is 0 Å². The Labute approximate surface area is 182 Å². The van der Waals surface area contributed by atoms with Crippen LogP contribution >= 0.6 is 0 Å². The number of amides is 4. The van der Waals surface area contributed by atoms with E-state index in [4.69, 9.17) is 5.11 Å². The number of carbonyl (C=O) groups is 2. The molecule has 1 aliphatic carbocycles. The minimum Gasteiger partial charge on any atom is -0.406 e. The zero-order valence-electron chi connectivity index (χ0n) is 17.3. The van der Waals surface area contributed by atoms with E-state index in [2.05, 4.69) is 15.4 Å². The molecule has 2 aliphatic rings. The highest BCUT2D eigenvalue weighted by atomic mass is 19.4. The van der Waals surface area contributed by atoms with Crippen molar-refractivity contribution in [3.05, 3.63) is 29.6 Å². The van der Waals surface area contributed by atoms with E-state index in [0.29, 0.717) is 25.6 Å². The Kier molecular flexibility index (Phi) is 7.64. The van der Waals surface area contributed by atoms with E-state index in [1.807, 2.05) is 0 Å². The molecule has 12 heteroatoms. The molecule has 3 N–H and O–H groups in total. The average molecular weight is 462 g/mol. The summed E-state index contributed by atoms with van der Waals surface area (Å²) >= 11 is 0. The molecule has 1 saturated carbocycles. The molecular weight excluding hydrogens is 436 g/mol. The van der Waals surface area contributed by atoms with Gasteiger partial charge in [0, 0.05) is 43.9 Å². The van der Waals surface area contributed by atoms with Crippen LogP contribution in [0.4, 0.5) is 27.2 Å². The van der Waals surface area contributed by atoms with Gasteiger partial charge in [0.1, 0.15) is 11.6 Å². The minimum atomic E-state index is -4.92. The highest BCUT2D eigenvalue weighted by molar-refractivity contribution is 5.76. The van der Waals surface area contributed by atoms with Crippen LogP contribution in [-0.4, -0.2) is 71.7 Å². The molecule has 1 saturated heterocycles. The van der Waals surface area contributed by atoms with E-state index in [1.165, 1.54) is 0 Å². The molecule has 0 unspecified atom stereocenters. The molecule has 1 aromatic carbocycles. The number of urea groups is 2. The van der Waals surface area contributed by atoms with Crippen molar-refractivity contribution >= 4 is 12.1 Å².